The van der Waals surface area contributed by atoms with Crippen LogP contribution >= 0.6 is 11.3 Å². The van der Waals surface area contributed by atoms with Crippen LogP contribution in [-0.2, 0) is 14.3 Å². The van der Waals surface area contributed by atoms with Crippen LogP contribution in [0.15, 0.2) is 78.2 Å². The number of hydrogen-bond donors (Lipinski definition) is 1. The fraction of sp³-hybridized carbons (Fsp3) is 0.115. The second-order valence-electron chi connectivity index (χ2n) is 7.13. The molecule has 0 radical (unpaired) electrons. The largest absolute Gasteiger partial charge is 0.462 e. The summed E-state index contributed by atoms with van der Waals surface area (Å²) in [6.45, 7) is 1.45. The quantitative estimate of drug-likeness (QED) is 0.367. The van der Waals surface area contributed by atoms with E-state index in [4.69, 9.17) is 9.47 Å². The van der Waals surface area contributed by atoms with Gasteiger partial charge in [0.2, 0.25) is 0 Å². The van der Waals surface area contributed by atoms with E-state index in [0.29, 0.717) is 16.1 Å². The van der Waals surface area contributed by atoms with E-state index in [9.17, 15) is 14.4 Å². The maximum Gasteiger partial charge on any atom is 0.341 e. The average molecular weight is 460 g/mol. The van der Waals surface area contributed by atoms with Gasteiger partial charge in [-0.3, -0.25) is 4.79 Å². The predicted octanol–water partition coefficient (Wildman–Crippen LogP) is 5.54. The van der Waals surface area contributed by atoms with Gasteiger partial charge in [-0.2, -0.15) is 0 Å². The van der Waals surface area contributed by atoms with E-state index in [1.807, 2.05) is 60.7 Å². The monoisotopic (exact) mass is 459 g/mol. The zero-order valence-corrected chi connectivity index (χ0v) is 18.7. The normalized spacial score (nSPS) is 10.6. The van der Waals surface area contributed by atoms with Gasteiger partial charge in [-0.05, 0) is 35.4 Å². The van der Waals surface area contributed by atoms with Gasteiger partial charge < -0.3 is 14.8 Å². The molecule has 1 heterocycles. The van der Waals surface area contributed by atoms with Gasteiger partial charge in [0.25, 0.3) is 5.91 Å². The van der Waals surface area contributed by atoms with E-state index in [-0.39, 0.29) is 12.2 Å². The van der Waals surface area contributed by atoms with Crippen molar-refractivity contribution >= 4 is 45.0 Å². The van der Waals surface area contributed by atoms with E-state index >= 15 is 0 Å². The minimum Gasteiger partial charge on any atom is -0.462 e. The minimum atomic E-state index is -0.599. The summed E-state index contributed by atoms with van der Waals surface area (Å²) in [5, 5.41) is 6.72. The molecule has 0 unspecified atom stereocenters. The maximum atomic E-state index is 12.6. The highest BCUT2D eigenvalue weighted by Crippen LogP contribution is 2.36. The Balaban J connectivity index is 1.47. The summed E-state index contributed by atoms with van der Waals surface area (Å²) in [6.07, 6.45) is 0. The van der Waals surface area contributed by atoms with Crippen LogP contribution in [0.2, 0.25) is 0 Å². The van der Waals surface area contributed by atoms with Gasteiger partial charge >= 0.3 is 11.9 Å². The van der Waals surface area contributed by atoms with Crippen LogP contribution in [-0.4, -0.2) is 31.1 Å². The van der Waals surface area contributed by atoms with Crippen molar-refractivity contribution < 1.29 is 23.9 Å². The number of esters is 2. The molecule has 4 rings (SSSR count). The second kappa shape index (κ2) is 10.1. The molecule has 6 nitrogen and oxygen atoms in total. The molecule has 0 bridgehead atoms. The lowest BCUT2D eigenvalue weighted by Crippen LogP contribution is -2.21. The number of carbonyl (C=O) groups excluding carboxylic acids is 3. The van der Waals surface area contributed by atoms with Crippen molar-refractivity contribution in [2.45, 2.75) is 6.92 Å². The molecule has 0 saturated carbocycles. The number of rotatable bonds is 7. The molecule has 7 heteroatoms. The van der Waals surface area contributed by atoms with E-state index in [0.717, 1.165) is 16.3 Å². The lowest BCUT2D eigenvalue weighted by molar-refractivity contribution is -0.119. The Kier molecular flexibility index (Phi) is 6.80. The molecule has 1 aromatic heterocycles. The summed E-state index contributed by atoms with van der Waals surface area (Å²) in [5.41, 5.74) is 2.14. The number of nitrogens with one attached hydrogen (secondary N) is 1. The molecule has 1 N–H and O–H groups in total. The van der Waals surface area contributed by atoms with Crippen LogP contribution in [0.1, 0.15) is 27.6 Å². The van der Waals surface area contributed by atoms with Gasteiger partial charge in [0.1, 0.15) is 10.6 Å². The number of thiophene rings is 1. The van der Waals surface area contributed by atoms with E-state index in [1.54, 1.807) is 24.4 Å². The van der Waals surface area contributed by atoms with Crippen molar-refractivity contribution in [2.24, 2.45) is 0 Å². The van der Waals surface area contributed by atoms with E-state index in [1.165, 1.54) is 11.3 Å². The first kappa shape index (κ1) is 22.2. The summed E-state index contributed by atoms with van der Waals surface area (Å²) in [5.74, 6) is -1.67. The van der Waals surface area contributed by atoms with Crippen LogP contribution in [0, 0.1) is 0 Å². The highest BCUT2D eigenvalue weighted by Gasteiger charge is 2.23. The molecule has 0 spiro atoms. The molecule has 33 heavy (non-hydrogen) atoms. The van der Waals surface area contributed by atoms with Crippen LogP contribution in [0.3, 0.4) is 0 Å². The lowest BCUT2D eigenvalue weighted by Gasteiger charge is -2.09. The van der Waals surface area contributed by atoms with Crippen molar-refractivity contribution in [1.82, 2.24) is 0 Å². The molecule has 4 aromatic rings. The van der Waals surface area contributed by atoms with Crippen LogP contribution in [0.4, 0.5) is 5.00 Å². The number of benzene rings is 3. The molecular weight excluding hydrogens is 438 g/mol. The number of anilines is 1. The second-order valence-corrected chi connectivity index (χ2v) is 8.01. The minimum absolute atomic E-state index is 0.208. The van der Waals surface area contributed by atoms with Gasteiger partial charge in [0, 0.05) is 10.9 Å². The fourth-order valence-electron chi connectivity index (χ4n) is 3.38. The Hall–Kier alpha value is -3.97. The highest BCUT2D eigenvalue weighted by atomic mass is 32.1. The van der Waals surface area contributed by atoms with Crippen LogP contribution in [0.25, 0.3) is 21.9 Å². The molecule has 0 aliphatic carbocycles. The maximum absolute atomic E-state index is 12.6. The van der Waals surface area contributed by atoms with Gasteiger partial charge in [0.05, 0.1) is 12.2 Å². The summed E-state index contributed by atoms with van der Waals surface area (Å²) in [7, 11) is 0. The third-order valence-corrected chi connectivity index (χ3v) is 5.82. The van der Waals surface area contributed by atoms with Gasteiger partial charge in [0.15, 0.2) is 6.61 Å². The molecule has 0 saturated heterocycles. The molecular formula is C26H21NO5S. The molecule has 166 valence electrons. The summed E-state index contributed by atoms with van der Waals surface area (Å²) in [4.78, 5) is 37.5. The zero-order valence-electron chi connectivity index (χ0n) is 17.9. The number of carbonyl (C=O) groups is 3. The molecule has 0 fully saturated rings. The average Bonchev–Trinajstić information content (AvgIpc) is 3.26. The number of ether oxygens (including phenoxy) is 2. The summed E-state index contributed by atoms with van der Waals surface area (Å²) < 4.78 is 10.4. The van der Waals surface area contributed by atoms with Gasteiger partial charge in [-0.1, -0.05) is 60.7 Å². The molecule has 3 aromatic carbocycles. The van der Waals surface area contributed by atoms with E-state index in [2.05, 4.69) is 5.32 Å². The Morgan fingerprint density at radius 1 is 0.848 bits per heavy atom. The smallest absolute Gasteiger partial charge is 0.341 e. The van der Waals surface area contributed by atoms with Gasteiger partial charge in [-0.25, -0.2) is 9.59 Å². The summed E-state index contributed by atoms with van der Waals surface area (Å²) in [6, 6.07) is 22.2. The molecule has 0 aliphatic rings. The van der Waals surface area contributed by atoms with Crippen molar-refractivity contribution in [3.05, 3.63) is 89.3 Å². The number of fused-ring (bicyclic) bond motifs is 1. The van der Waals surface area contributed by atoms with E-state index < -0.39 is 24.5 Å². The third-order valence-electron chi connectivity index (χ3n) is 4.93. The first-order valence-electron chi connectivity index (χ1n) is 10.4. The standard InChI is InChI=1S/C26H21NO5S/c1-2-31-26(30)23-21(18-9-4-3-5-10-18)16-33-24(23)27-22(28)15-32-25(29)20-13-12-17-8-6-7-11-19(17)14-20/h3-14,16H,2,15H2,1H3,(H,27,28). The Bertz CT molecular complexity index is 1310. The number of hydrogen-bond acceptors (Lipinski definition) is 6. The van der Waals surface area contributed by atoms with Crippen molar-refractivity contribution in [2.75, 3.05) is 18.5 Å². The topological polar surface area (TPSA) is 81.7 Å². The van der Waals surface area contributed by atoms with Crippen molar-refractivity contribution in [3.63, 3.8) is 0 Å². The third kappa shape index (κ3) is 5.10. The predicted molar refractivity (Wildman–Crippen MR) is 129 cm³/mol. The first-order chi connectivity index (χ1) is 16.1. The molecule has 0 atom stereocenters. The fourth-order valence-corrected chi connectivity index (χ4v) is 4.35. The van der Waals surface area contributed by atoms with Crippen molar-refractivity contribution in [1.29, 1.82) is 0 Å². The van der Waals surface area contributed by atoms with Gasteiger partial charge in [-0.15, -0.1) is 11.3 Å². The SMILES string of the molecule is CCOC(=O)c1c(-c2ccccc2)csc1NC(=O)COC(=O)c1ccc2ccccc2c1. The first-order valence-corrected chi connectivity index (χ1v) is 11.2. The summed E-state index contributed by atoms with van der Waals surface area (Å²) >= 11 is 1.21. The molecule has 0 aliphatic heterocycles. The van der Waals surface area contributed by atoms with Crippen LogP contribution < -0.4 is 5.32 Å². The lowest BCUT2D eigenvalue weighted by atomic mass is 10.0. The Morgan fingerprint density at radius 3 is 2.33 bits per heavy atom. The highest BCUT2D eigenvalue weighted by molar-refractivity contribution is 7.15. The van der Waals surface area contributed by atoms with Crippen molar-refractivity contribution in [3.8, 4) is 11.1 Å². The Morgan fingerprint density at radius 2 is 1.58 bits per heavy atom. The van der Waals surface area contributed by atoms with Crippen LogP contribution in [0.5, 0.6) is 0 Å². The molecule has 1 amide bonds. The zero-order chi connectivity index (χ0) is 23.2. The number of amides is 1. The Labute approximate surface area is 194 Å².